The minimum absolute atomic E-state index is 0.229. The summed E-state index contributed by atoms with van der Waals surface area (Å²) in [6.45, 7) is 0.319. The molecule has 0 aliphatic carbocycles. The number of hydrogen-bond donors (Lipinski definition) is 1. The molecule has 2 heterocycles. The molecule has 3 rings (SSSR count). The molecule has 0 bridgehead atoms. The maximum absolute atomic E-state index is 13.9. The Bertz CT molecular complexity index is 609. The van der Waals surface area contributed by atoms with Gasteiger partial charge in [-0.1, -0.05) is 0 Å². The first-order valence-corrected chi connectivity index (χ1v) is 6.31. The molecule has 0 saturated carbocycles. The van der Waals surface area contributed by atoms with Crippen LogP contribution >= 0.6 is 0 Å². The number of aliphatic hydroxyl groups is 1. The summed E-state index contributed by atoms with van der Waals surface area (Å²) in [4.78, 5) is 9.87. The molecule has 104 valence electrons. The van der Waals surface area contributed by atoms with E-state index in [4.69, 9.17) is 0 Å². The van der Waals surface area contributed by atoms with Gasteiger partial charge in [0, 0.05) is 24.5 Å². The number of nitrogens with zero attached hydrogens (tertiary/aromatic N) is 3. The van der Waals surface area contributed by atoms with Gasteiger partial charge in [0.25, 0.3) is 0 Å². The molecule has 0 spiro atoms. The second-order valence-electron chi connectivity index (χ2n) is 4.79. The largest absolute Gasteiger partial charge is 0.391 e. The Morgan fingerprint density at radius 1 is 1.25 bits per heavy atom. The maximum atomic E-state index is 13.9. The average molecular weight is 277 g/mol. The molecule has 0 unspecified atom stereocenters. The molecule has 1 aliphatic heterocycles. The van der Waals surface area contributed by atoms with Crippen molar-refractivity contribution >= 4 is 5.82 Å². The van der Waals surface area contributed by atoms with Gasteiger partial charge in [-0.15, -0.1) is 0 Å². The Morgan fingerprint density at radius 2 is 2.10 bits per heavy atom. The van der Waals surface area contributed by atoms with Crippen LogP contribution in [0.2, 0.25) is 0 Å². The van der Waals surface area contributed by atoms with E-state index in [2.05, 4.69) is 9.97 Å². The lowest BCUT2D eigenvalue weighted by Crippen LogP contribution is -2.25. The van der Waals surface area contributed by atoms with Crippen molar-refractivity contribution in [1.82, 2.24) is 9.97 Å². The van der Waals surface area contributed by atoms with Gasteiger partial charge in [0.2, 0.25) is 0 Å². The number of aromatic nitrogens is 2. The fourth-order valence-electron chi connectivity index (χ4n) is 2.57. The molecule has 0 amide bonds. The van der Waals surface area contributed by atoms with Crippen LogP contribution in [0.3, 0.4) is 0 Å². The van der Waals surface area contributed by atoms with Gasteiger partial charge in [-0.2, -0.15) is 0 Å². The van der Waals surface area contributed by atoms with E-state index < -0.39 is 23.8 Å². The van der Waals surface area contributed by atoms with Crippen LogP contribution in [0.4, 0.5) is 14.6 Å². The van der Waals surface area contributed by atoms with Gasteiger partial charge < -0.3 is 10.0 Å². The van der Waals surface area contributed by atoms with Crippen LogP contribution in [-0.2, 0) is 0 Å². The molecule has 1 saturated heterocycles. The fraction of sp³-hybridized carbons (Fsp3) is 0.286. The summed E-state index contributed by atoms with van der Waals surface area (Å²) in [6.07, 6.45) is 4.33. The Morgan fingerprint density at radius 3 is 2.85 bits per heavy atom. The van der Waals surface area contributed by atoms with Gasteiger partial charge in [0.05, 0.1) is 18.3 Å². The first-order valence-electron chi connectivity index (χ1n) is 6.31. The van der Waals surface area contributed by atoms with E-state index >= 15 is 0 Å². The topological polar surface area (TPSA) is 49.2 Å². The lowest BCUT2D eigenvalue weighted by atomic mass is 10.0. The minimum Gasteiger partial charge on any atom is -0.391 e. The summed E-state index contributed by atoms with van der Waals surface area (Å²) in [6, 6.07) is 2.90. The van der Waals surface area contributed by atoms with E-state index in [1.807, 2.05) is 0 Å². The molecule has 6 heteroatoms. The van der Waals surface area contributed by atoms with Crippen LogP contribution in [0.5, 0.6) is 0 Å². The monoisotopic (exact) mass is 277 g/mol. The summed E-state index contributed by atoms with van der Waals surface area (Å²) in [7, 11) is 0. The Hall–Kier alpha value is -2.08. The summed E-state index contributed by atoms with van der Waals surface area (Å²) >= 11 is 0. The molecule has 20 heavy (non-hydrogen) atoms. The van der Waals surface area contributed by atoms with Crippen LogP contribution in [0.25, 0.3) is 0 Å². The highest BCUT2D eigenvalue weighted by atomic mass is 19.1. The van der Waals surface area contributed by atoms with Gasteiger partial charge in [-0.3, -0.25) is 4.98 Å². The first-order chi connectivity index (χ1) is 9.65. The molecular weight excluding hydrogens is 264 g/mol. The van der Waals surface area contributed by atoms with Crippen LogP contribution in [0.15, 0.2) is 36.8 Å². The second-order valence-corrected chi connectivity index (χ2v) is 4.79. The number of hydrogen-bond acceptors (Lipinski definition) is 4. The van der Waals surface area contributed by atoms with Gasteiger partial charge in [0.15, 0.2) is 0 Å². The van der Waals surface area contributed by atoms with E-state index in [9.17, 15) is 13.9 Å². The zero-order chi connectivity index (χ0) is 14.1. The van der Waals surface area contributed by atoms with Crippen molar-refractivity contribution < 1.29 is 13.9 Å². The van der Waals surface area contributed by atoms with E-state index in [0.29, 0.717) is 18.8 Å². The van der Waals surface area contributed by atoms with E-state index in [1.165, 1.54) is 18.5 Å². The highest BCUT2D eigenvalue weighted by Crippen LogP contribution is 2.36. The third kappa shape index (κ3) is 2.34. The zero-order valence-corrected chi connectivity index (χ0v) is 10.6. The molecular formula is C14H13F2N3O. The van der Waals surface area contributed by atoms with Crippen LogP contribution in [0, 0.1) is 11.6 Å². The molecule has 2 aromatic rings. The second kappa shape index (κ2) is 5.13. The van der Waals surface area contributed by atoms with E-state index in [-0.39, 0.29) is 5.56 Å². The number of rotatable bonds is 2. The molecule has 0 radical (unpaired) electrons. The number of β-amino-alcohol motifs (C(OH)–C–C–N with tert-alkyl or cyclic N) is 1. The van der Waals surface area contributed by atoms with Crippen molar-refractivity contribution in [3.8, 4) is 0 Å². The molecule has 4 nitrogen and oxygen atoms in total. The zero-order valence-electron chi connectivity index (χ0n) is 10.6. The normalized spacial score (nSPS) is 22.2. The summed E-state index contributed by atoms with van der Waals surface area (Å²) < 4.78 is 27.3. The number of aliphatic hydroxyl groups excluding tert-OH is 1. The van der Waals surface area contributed by atoms with Crippen LogP contribution in [-0.4, -0.2) is 27.7 Å². The minimum atomic E-state index is -0.607. The summed E-state index contributed by atoms with van der Waals surface area (Å²) in [5.74, 6) is -0.445. The van der Waals surface area contributed by atoms with Crippen molar-refractivity contribution in [3.05, 3.63) is 54.0 Å². The van der Waals surface area contributed by atoms with Crippen molar-refractivity contribution in [1.29, 1.82) is 0 Å². The average Bonchev–Trinajstić information content (AvgIpc) is 2.84. The predicted octanol–water partition coefficient (Wildman–Crippen LogP) is 2.07. The van der Waals surface area contributed by atoms with Crippen LogP contribution < -0.4 is 4.90 Å². The fourth-order valence-corrected chi connectivity index (χ4v) is 2.57. The van der Waals surface area contributed by atoms with Gasteiger partial charge in [-0.25, -0.2) is 13.8 Å². The maximum Gasteiger partial charge on any atom is 0.147 e. The first kappa shape index (κ1) is 12.9. The van der Waals surface area contributed by atoms with Gasteiger partial charge in [-0.05, 0) is 24.6 Å². The molecule has 1 aliphatic rings. The van der Waals surface area contributed by atoms with Crippen LogP contribution in [0.1, 0.15) is 18.0 Å². The molecule has 1 aromatic heterocycles. The molecule has 1 fully saturated rings. The van der Waals surface area contributed by atoms with Crippen molar-refractivity contribution in [2.75, 3.05) is 11.4 Å². The number of benzene rings is 1. The highest BCUT2D eigenvalue weighted by molar-refractivity contribution is 5.43. The molecule has 2 atom stereocenters. The standard InChI is InChI=1S/C14H13F2N3O/c15-9-1-2-12(16)11(5-9)13-6-10(20)8-19(13)14-7-17-3-4-18-14/h1-5,7,10,13,20H,6,8H2/t10-,13-/m0/s1. The van der Waals surface area contributed by atoms with Gasteiger partial charge >= 0.3 is 0 Å². The Balaban J connectivity index is 2.00. The Kier molecular flexibility index (Phi) is 3.31. The van der Waals surface area contributed by atoms with Crippen molar-refractivity contribution in [2.24, 2.45) is 0 Å². The lowest BCUT2D eigenvalue weighted by Gasteiger charge is -2.25. The SMILES string of the molecule is O[C@H]1C[C@@H](c2cc(F)ccc2F)N(c2cnccn2)C1. The summed E-state index contributed by atoms with van der Waals surface area (Å²) in [5.41, 5.74) is 0.229. The predicted molar refractivity (Wildman–Crippen MR) is 69.1 cm³/mol. The Labute approximate surface area is 114 Å². The third-order valence-electron chi connectivity index (χ3n) is 3.44. The molecule has 1 N–H and O–H groups in total. The number of anilines is 1. The number of halogens is 2. The van der Waals surface area contributed by atoms with E-state index in [0.717, 1.165) is 12.1 Å². The highest BCUT2D eigenvalue weighted by Gasteiger charge is 2.34. The molecule has 1 aromatic carbocycles. The van der Waals surface area contributed by atoms with Crippen molar-refractivity contribution in [2.45, 2.75) is 18.6 Å². The van der Waals surface area contributed by atoms with Crippen molar-refractivity contribution in [3.63, 3.8) is 0 Å². The van der Waals surface area contributed by atoms with E-state index in [1.54, 1.807) is 11.1 Å². The summed E-state index contributed by atoms with van der Waals surface area (Å²) in [5, 5.41) is 9.85. The third-order valence-corrected chi connectivity index (χ3v) is 3.44. The van der Waals surface area contributed by atoms with Gasteiger partial charge in [0.1, 0.15) is 17.5 Å². The smallest absolute Gasteiger partial charge is 0.147 e. The quantitative estimate of drug-likeness (QED) is 0.913. The lowest BCUT2D eigenvalue weighted by molar-refractivity contribution is 0.194.